The first-order valence-electron chi connectivity index (χ1n) is 9.07. The Bertz CT molecular complexity index is 679. The molecule has 5 heteroatoms. The summed E-state index contributed by atoms with van der Waals surface area (Å²) in [6.07, 6.45) is 7.80. The Labute approximate surface area is 149 Å². The van der Waals surface area contributed by atoms with Crippen LogP contribution in [0.2, 0.25) is 0 Å². The Morgan fingerprint density at radius 1 is 1.16 bits per heavy atom. The topological polar surface area (TPSA) is 58.1 Å². The molecular formula is C20H26N4O. The highest BCUT2D eigenvalue weighted by molar-refractivity contribution is 5.93. The lowest BCUT2D eigenvalue weighted by Gasteiger charge is -2.26. The van der Waals surface area contributed by atoms with Gasteiger partial charge in [0.25, 0.3) is 5.91 Å². The van der Waals surface area contributed by atoms with Gasteiger partial charge in [-0.3, -0.25) is 4.79 Å². The van der Waals surface area contributed by atoms with Gasteiger partial charge in [-0.1, -0.05) is 43.2 Å². The summed E-state index contributed by atoms with van der Waals surface area (Å²) in [6.45, 7) is 4.98. The van der Waals surface area contributed by atoms with Crippen molar-refractivity contribution >= 4 is 11.9 Å². The zero-order valence-electron chi connectivity index (χ0n) is 15.0. The third-order valence-electron chi connectivity index (χ3n) is 4.67. The lowest BCUT2D eigenvalue weighted by molar-refractivity contribution is 0.0937. The molecule has 0 unspecified atom stereocenters. The first kappa shape index (κ1) is 17.4. The van der Waals surface area contributed by atoms with Crippen molar-refractivity contribution in [2.75, 3.05) is 4.90 Å². The summed E-state index contributed by atoms with van der Waals surface area (Å²) in [7, 11) is 0. The summed E-state index contributed by atoms with van der Waals surface area (Å²) in [5.41, 5.74) is 1.74. The Morgan fingerprint density at radius 3 is 2.40 bits per heavy atom. The second kappa shape index (κ2) is 8.10. The van der Waals surface area contributed by atoms with Gasteiger partial charge < -0.3 is 10.2 Å². The van der Waals surface area contributed by atoms with Crippen molar-refractivity contribution in [3.05, 3.63) is 53.9 Å². The van der Waals surface area contributed by atoms with Crippen LogP contribution in [0.15, 0.2) is 42.7 Å². The maximum absolute atomic E-state index is 12.3. The highest BCUT2D eigenvalue weighted by Crippen LogP contribution is 2.19. The zero-order chi connectivity index (χ0) is 17.6. The normalized spacial score (nSPS) is 14.7. The summed E-state index contributed by atoms with van der Waals surface area (Å²) < 4.78 is 0. The number of hydrogen-bond acceptors (Lipinski definition) is 4. The Morgan fingerprint density at radius 2 is 1.80 bits per heavy atom. The van der Waals surface area contributed by atoms with Gasteiger partial charge in [-0.25, -0.2) is 9.97 Å². The van der Waals surface area contributed by atoms with Gasteiger partial charge in [-0.05, 0) is 32.3 Å². The first-order valence-corrected chi connectivity index (χ1v) is 9.07. The molecule has 2 aromatic rings. The number of carbonyl (C=O) groups excluding carboxylic acids is 1. The quantitative estimate of drug-likeness (QED) is 0.875. The van der Waals surface area contributed by atoms with Crippen LogP contribution in [-0.4, -0.2) is 28.0 Å². The monoisotopic (exact) mass is 338 g/mol. The fraction of sp³-hybridized carbons (Fsp3) is 0.450. The fourth-order valence-electron chi connectivity index (χ4n) is 3.19. The van der Waals surface area contributed by atoms with Gasteiger partial charge in [0.05, 0.1) is 5.56 Å². The van der Waals surface area contributed by atoms with E-state index in [1.54, 1.807) is 12.4 Å². The van der Waals surface area contributed by atoms with Crippen molar-refractivity contribution in [3.63, 3.8) is 0 Å². The van der Waals surface area contributed by atoms with E-state index in [0.29, 0.717) is 17.6 Å². The lowest BCUT2D eigenvalue weighted by atomic mass is 10.2. The van der Waals surface area contributed by atoms with Gasteiger partial charge in [0.15, 0.2) is 0 Å². The van der Waals surface area contributed by atoms with Gasteiger partial charge in [0.2, 0.25) is 5.95 Å². The Hall–Kier alpha value is -2.43. The minimum absolute atomic E-state index is 0.0717. The molecule has 5 nitrogen and oxygen atoms in total. The van der Waals surface area contributed by atoms with Gasteiger partial charge >= 0.3 is 0 Å². The van der Waals surface area contributed by atoms with E-state index in [2.05, 4.69) is 46.2 Å². The SMILES string of the molecule is CC(C)N(Cc1ccccc1)c1ncc(C(=O)NC2CCCC2)cn1. The lowest BCUT2D eigenvalue weighted by Crippen LogP contribution is -2.34. The second-order valence-corrected chi connectivity index (χ2v) is 6.93. The summed E-state index contributed by atoms with van der Waals surface area (Å²) >= 11 is 0. The van der Waals surface area contributed by atoms with E-state index < -0.39 is 0 Å². The number of rotatable bonds is 6. The first-order chi connectivity index (χ1) is 12.1. The molecule has 1 aliphatic rings. The predicted molar refractivity (Wildman–Crippen MR) is 99.5 cm³/mol. The smallest absolute Gasteiger partial charge is 0.254 e. The van der Waals surface area contributed by atoms with Crippen molar-refractivity contribution in [3.8, 4) is 0 Å². The van der Waals surface area contributed by atoms with Crippen LogP contribution in [0, 0.1) is 0 Å². The molecule has 1 fully saturated rings. The number of nitrogens with zero attached hydrogens (tertiary/aromatic N) is 3. The maximum Gasteiger partial charge on any atom is 0.254 e. The molecule has 1 aromatic carbocycles. The minimum Gasteiger partial charge on any atom is -0.349 e. The van der Waals surface area contributed by atoms with Gasteiger partial charge in [-0.15, -0.1) is 0 Å². The van der Waals surface area contributed by atoms with E-state index in [1.807, 2.05) is 18.2 Å². The zero-order valence-corrected chi connectivity index (χ0v) is 15.0. The number of aromatic nitrogens is 2. The van der Waals surface area contributed by atoms with E-state index in [4.69, 9.17) is 0 Å². The van der Waals surface area contributed by atoms with Crippen molar-refractivity contribution in [1.82, 2.24) is 15.3 Å². The molecule has 0 spiro atoms. The standard InChI is InChI=1S/C20H26N4O/c1-15(2)24(14-16-8-4-3-5-9-16)20-21-12-17(13-22-20)19(25)23-18-10-6-7-11-18/h3-5,8-9,12-13,15,18H,6-7,10-11,14H2,1-2H3,(H,23,25). The van der Waals surface area contributed by atoms with Crippen LogP contribution in [0.25, 0.3) is 0 Å². The third kappa shape index (κ3) is 4.56. The number of hydrogen-bond donors (Lipinski definition) is 1. The van der Waals surface area contributed by atoms with Gasteiger partial charge in [-0.2, -0.15) is 0 Å². The third-order valence-corrected chi connectivity index (χ3v) is 4.67. The van der Waals surface area contributed by atoms with E-state index in [0.717, 1.165) is 19.4 Å². The molecule has 1 aromatic heterocycles. The summed E-state index contributed by atoms with van der Waals surface area (Å²) in [4.78, 5) is 23.3. The van der Waals surface area contributed by atoms with Crippen molar-refractivity contribution in [2.45, 2.75) is 58.2 Å². The number of carbonyl (C=O) groups is 1. The predicted octanol–water partition coefficient (Wildman–Crippen LogP) is 3.56. The van der Waals surface area contributed by atoms with Crippen LogP contribution >= 0.6 is 0 Å². The van der Waals surface area contributed by atoms with Crippen molar-refractivity contribution in [2.24, 2.45) is 0 Å². The average molecular weight is 338 g/mol. The number of anilines is 1. The summed E-state index contributed by atoms with van der Waals surface area (Å²) in [5, 5.41) is 3.07. The molecule has 1 amide bonds. The molecule has 0 aliphatic heterocycles. The van der Waals surface area contributed by atoms with Crippen molar-refractivity contribution < 1.29 is 4.79 Å². The molecule has 132 valence electrons. The van der Waals surface area contributed by atoms with Crippen LogP contribution < -0.4 is 10.2 Å². The van der Waals surface area contributed by atoms with Crippen LogP contribution in [-0.2, 0) is 6.54 Å². The van der Waals surface area contributed by atoms with E-state index in [9.17, 15) is 4.79 Å². The number of nitrogens with one attached hydrogen (secondary N) is 1. The highest BCUT2D eigenvalue weighted by atomic mass is 16.1. The minimum atomic E-state index is -0.0717. The summed E-state index contributed by atoms with van der Waals surface area (Å²) in [5.74, 6) is 0.578. The largest absolute Gasteiger partial charge is 0.349 e. The van der Waals surface area contributed by atoms with Gasteiger partial charge in [0, 0.05) is 31.0 Å². The molecule has 1 saturated carbocycles. The molecule has 0 atom stereocenters. The molecule has 0 radical (unpaired) electrons. The molecule has 3 rings (SSSR count). The average Bonchev–Trinajstić information content (AvgIpc) is 3.13. The second-order valence-electron chi connectivity index (χ2n) is 6.93. The van der Waals surface area contributed by atoms with Crippen LogP contribution in [0.1, 0.15) is 55.5 Å². The van der Waals surface area contributed by atoms with Crippen LogP contribution in [0.5, 0.6) is 0 Å². The maximum atomic E-state index is 12.3. The molecule has 0 bridgehead atoms. The summed E-state index contributed by atoms with van der Waals surface area (Å²) in [6, 6.07) is 10.8. The van der Waals surface area contributed by atoms with Crippen LogP contribution in [0.3, 0.4) is 0 Å². The molecule has 0 saturated heterocycles. The molecule has 1 N–H and O–H groups in total. The van der Waals surface area contributed by atoms with E-state index in [1.165, 1.54) is 18.4 Å². The Balaban J connectivity index is 1.69. The number of benzene rings is 1. The molecule has 1 aliphatic carbocycles. The molecule has 1 heterocycles. The molecule has 25 heavy (non-hydrogen) atoms. The van der Waals surface area contributed by atoms with Gasteiger partial charge in [0.1, 0.15) is 0 Å². The van der Waals surface area contributed by atoms with Crippen molar-refractivity contribution in [1.29, 1.82) is 0 Å². The Kier molecular flexibility index (Phi) is 5.64. The highest BCUT2D eigenvalue weighted by Gasteiger charge is 2.19. The van der Waals surface area contributed by atoms with E-state index >= 15 is 0 Å². The van der Waals surface area contributed by atoms with Crippen LogP contribution in [0.4, 0.5) is 5.95 Å². The fourth-order valence-corrected chi connectivity index (χ4v) is 3.19. The number of amides is 1. The molecular weight excluding hydrogens is 312 g/mol. The van der Waals surface area contributed by atoms with E-state index in [-0.39, 0.29) is 11.9 Å².